The molecule has 0 spiro atoms. The van der Waals surface area contributed by atoms with Crippen molar-refractivity contribution in [1.82, 2.24) is 10.3 Å². The molecule has 0 aliphatic heterocycles. The van der Waals surface area contributed by atoms with Gasteiger partial charge in [-0.25, -0.2) is 9.78 Å². The Labute approximate surface area is 156 Å². The summed E-state index contributed by atoms with van der Waals surface area (Å²) >= 11 is 3.59. The number of thioether (sulfide) groups is 1. The Kier molecular flexibility index (Phi) is 6.37. The number of allylic oxidation sites excluding steroid dienone is 2. The normalized spacial score (nSPS) is 22.3. The van der Waals surface area contributed by atoms with Crippen molar-refractivity contribution in [2.24, 2.45) is 11.8 Å². The molecule has 0 radical (unpaired) electrons. The van der Waals surface area contributed by atoms with Crippen LogP contribution in [0.15, 0.2) is 40.8 Å². The molecule has 134 valence electrons. The lowest BCUT2D eigenvalue weighted by Gasteiger charge is -2.26. The number of carbonyl (C=O) groups is 1. The van der Waals surface area contributed by atoms with Crippen LogP contribution in [0.3, 0.4) is 0 Å². The molecule has 1 unspecified atom stereocenters. The minimum Gasteiger partial charge on any atom is -0.465 e. The summed E-state index contributed by atoms with van der Waals surface area (Å²) in [6.45, 7) is 2.24. The number of amides is 1. The number of thiazole rings is 1. The number of rotatable bonds is 6. The molecule has 1 atom stereocenters. The van der Waals surface area contributed by atoms with E-state index in [1.807, 2.05) is 17.8 Å². The molecule has 1 saturated carbocycles. The van der Waals surface area contributed by atoms with Crippen LogP contribution in [0.25, 0.3) is 10.2 Å². The molecule has 1 fully saturated rings. The van der Waals surface area contributed by atoms with Gasteiger partial charge in [0.25, 0.3) is 0 Å². The largest absolute Gasteiger partial charge is 0.465 e. The number of nitrogens with zero attached hydrogens (tertiary/aromatic N) is 1. The van der Waals surface area contributed by atoms with Gasteiger partial charge in [-0.1, -0.05) is 43.0 Å². The van der Waals surface area contributed by atoms with Crippen LogP contribution >= 0.6 is 23.1 Å². The SMILES string of the molecule is CC(/C=C/[C@H]1CC[C@H](NC(=O)O)CC1)CSc1nc2ccccc2s1. The number of fused-ring (bicyclic) bond motifs is 1. The minimum atomic E-state index is -0.903. The Morgan fingerprint density at radius 1 is 1.40 bits per heavy atom. The van der Waals surface area contributed by atoms with Crippen LogP contribution < -0.4 is 5.32 Å². The lowest BCUT2D eigenvalue weighted by Crippen LogP contribution is -2.36. The van der Waals surface area contributed by atoms with Gasteiger partial charge >= 0.3 is 6.09 Å². The zero-order valence-electron chi connectivity index (χ0n) is 14.4. The van der Waals surface area contributed by atoms with Crippen molar-refractivity contribution in [1.29, 1.82) is 0 Å². The number of aromatic nitrogens is 1. The van der Waals surface area contributed by atoms with Gasteiger partial charge in [0.2, 0.25) is 0 Å². The third-order valence-electron chi connectivity index (χ3n) is 4.56. The topological polar surface area (TPSA) is 62.2 Å². The highest BCUT2D eigenvalue weighted by Gasteiger charge is 2.20. The van der Waals surface area contributed by atoms with E-state index < -0.39 is 6.09 Å². The minimum absolute atomic E-state index is 0.133. The van der Waals surface area contributed by atoms with Crippen LogP contribution in [-0.4, -0.2) is 28.0 Å². The molecule has 1 heterocycles. The number of para-hydroxylation sites is 1. The van der Waals surface area contributed by atoms with Crippen LogP contribution in [0.1, 0.15) is 32.6 Å². The summed E-state index contributed by atoms with van der Waals surface area (Å²) in [5.41, 5.74) is 1.09. The maximum atomic E-state index is 10.7. The van der Waals surface area contributed by atoms with Crippen molar-refractivity contribution in [3.63, 3.8) is 0 Å². The van der Waals surface area contributed by atoms with E-state index in [-0.39, 0.29) is 6.04 Å². The first-order valence-corrected chi connectivity index (χ1v) is 10.6. The van der Waals surface area contributed by atoms with Crippen molar-refractivity contribution in [3.05, 3.63) is 36.4 Å². The standard InChI is InChI=1S/C19H24N2O2S2/c1-13(6-7-14-8-10-15(11-9-14)20-18(22)23)12-24-19-21-16-4-2-3-5-17(16)25-19/h2-7,13-15,20H,8-12H2,1H3,(H,22,23)/b7-6+/t13?,14-,15-. The third kappa shape index (κ3) is 5.47. The van der Waals surface area contributed by atoms with E-state index >= 15 is 0 Å². The zero-order chi connectivity index (χ0) is 17.6. The van der Waals surface area contributed by atoms with Crippen molar-refractivity contribution in [2.75, 3.05) is 5.75 Å². The van der Waals surface area contributed by atoms with Gasteiger partial charge in [-0.05, 0) is 49.7 Å². The van der Waals surface area contributed by atoms with Crippen LogP contribution in [0.5, 0.6) is 0 Å². The summed E-state index contributed by atoms with van der Waals surface area (Å²) < 4.78 is 2.39. The molecular weight excluding hydrogens is 352 g/mol. The van der Waals surface area contributed by atoms with Gasteiger partial charge in [0.05, 0.1) is 10.2 Å². The van der Waals surface area contributed by atoms with Crippen LogP contribution in [0, 0.1) is 11.8 Å². The maximum Gasteiger partial charge on any atom is 0.404 e. The number of hydrogen-bond acceptors (Lipinski definition) is 4. The van der Waals surface area contributed by atoms with Crippen LogP contribution in [0.4, 0.5) is 4.79 Å². The van der Waals surface area contributed by atoms with Gasteiger partial charge in [0.15, 0.2) is 4.34 Å². The summed E-state index contributed by atoms with van der Waals surface area (Å²) in [6.07, 6.45) is 7.76. The average molecular weight is 377 g/mol. The van der Waals surface area contributed by atoms with E-state index in [0.29, 0.717) is 11.8 Å². The molecule has 3 rings (SSSR count). The molecule has 1 amide bonds. The Bertz CT molecular complexity index is 703. The highest BCUT2D eigenvalue weighted by molar-refractivity contribution is 8.01. The van der Waals surface area contributed by atoms with Crippen molar-refractivity contribution < 1.29 is 9.90 Å². The fourth-order valence-corrected chi connectivity index (χ4v) is 5.23. The van der Waals surface area contributed by atoms with Crippen molar-refractivity contribution >= 4 is 39.4 Å². The van der Waals surface area contributed by atoms with E-state index in [0.717, 1.165) is 41.3 Å². The summed E-state index contributed by atoms with van der Waals surface area (Å²) in [4.78, 5) is 15.3. The first kappa shape index (κ1) is 18.3. The molecular formula is C19H24N2O2S2. The predicted octanol–water partition coefficient (Wildman–Crippen LogP) is 5.41. The summed E-state index contributed by atoms with van der Waals surface area (Å²) in [5, 5.41) is 11.4. The molecule has 1 aromatic heterocycles. The van der Waals surface area contributed by atoms with Gasteiger partial charge in [-0.2, -0.15) is 0 Å². The molecule has 0 saturated heterocycles. The van der Waals surface area contributed by atoms with Crippen molar-refractivity contribution in [3.8, 4) is 0 Å². The highest BCUT2D eigenvalue weighted by atomic mass is 32.2. The molecule has 2 N–H and O–H groups in total. The quantitative estimate of drug-likeness (QED) is 0.523. The second-order valence-corrected chi connectivity index (χ2v) is 8.98. The van der Waals surface area contributed by atoms with Gasteiger partial charge in [-0.3, -0.25) is 0 Å². The van der Waals surface area contributed by atoms with Gasteiger partial charge in [-0.15, -0.1) is 11.3 Å². The van der Waals surface area contributed by atoms with Gasteiger partial charge < -0.3 is 10.4 Å². The summed E-state index contributed by atoms with van der Waals surface area (Å²) in [5.74, 6) is 2.13. The number of benzene rings is 1. The van der Waals surface area contributed by atoms with Crippen molar-refractivity contribution in [2.45, 2.75) is 43.0 Å². The molecule has 1 aliphatic rings. The molecule has 2 aromatic rings. The maximum absolute atomic E-state index is 10.7. The zero-order valence-corrected chi connectivity index (χ0v) is 16.0. The first-order chi connectivity index (χ1) is 12.1. The highest BCUT2D eigenvalue weighted by Crippen LogP contribution is 2.31. The van der Waals surface area contributed by atoms with E-state index in [1.165, 1.54) is 4.70 Å². The smallest absolute Gasteiger partial charge is 0.404 e. The van der Waals surface area contributed by atoms with Gasteiger partial charge in [0, 0.05) is 11.8 Å². The molecule has 0 bridgehead atoms. The van der Waals surface area contributed by atoms with Crippen LogP contribution in [-0.2, 0) is 0 Å². The Morgan fingerprint density at radius 3 is 2.88 bits per heavy atom. The molecule has 6 heteroatoms. The average Bonchev–Trinajstić information content (AvgIpc) is 3.02. The molecule has 4 nitrogen and oxygen atoms in total. The molecule has 25 heavy (non-hydrogen) atoms. The fraction of sp³-hybridized carbons (Fsp3) is 0.474. The molecule has 1 aliphatic carbocycles. The van der Waals surface area contributed by atoms with Crippen LogP contribution in [0.2, 0.25) is 0 Å². The predicted molar refractivity (Wildman–Crippen MR) is 106 cm³/mol. The van der Waals surface area contributed by atoms with E-state index in [9.17, 15) is 4.79 Å². The van der Waals surface area contributed by atoms with E-state index in [2.05, 4.69) is 47.6 Å². The second kappa shape index (κ2) is 8.72. The number of hydrogen-bond donors (Lipinski definition) is 2. The number of nitrogens with one attached hydrogen (secondary N) is 1. The lowest BCUT2D eigenvalue weighted by atomic mass is 9.85. The molecule has 1 aromatic carbocycles. The fourth-order valence-electron chi connectivity index (χ4n) is 3.15. The lowest BCUT2D eigenvalue weighted by molar-refractivity contribution is 0.184. The summed E-state index contributed by atoms with van der Waals surface area (Å²) in [7, 11) is 0. The Hall–Kier alpha value is -1.53. The summed E-state index contributed by atoms with van der Waals surface area (Å²) in [6, 6.07) is 8.41. The van der Waals surface area contributed by atoms with Gasteiger partial charge in [0.1, 0.15) is 0 Å². The Balaban J connectivity index is 1.42. The number of carboxylic acid groups (broad SMARTS) is 1. The second-order valence-electron chi connectivity index (χ2n) is 6.68. The van der Waals surface area contributed by atoms with E-state index in [4.69, 9.17) is 5.11 Å². The Morgan fingerprint density at radius 2 is 2.16 bits per heavy atom. The van der Waals surface area contributed by atoms with E-state index in [1.54, 1.807) is 11.3 Å². The third-order valence-corrected chi connectivity index (χ3v) is 7.02. The monoisotopic (exact) mass is 376 g/mol. The first-order valence-electron chi connectivity index (χ1n) is 8.76.